The van der Waals surface area contributed by atoms with Gasteiger partial charge in [0.2, 0.25) is 0 Å². The molecule has 0 N–H and O–H groups in total. The van der Waals surface area contributed by atoms with E-state index in [4.69, 9.17) is 21.1 Å². The fourth-order valence-electron chi connectivity index (χ4n) is 4.29. The normalized spacial score (nSPS) is 15.9. The summed E-state index contributed by atoms with van der Waals surface area (Å²) in [7, 11) is 1.61. The zero-order chi connectivity index (χ0) is 22.9. The van der Waals surface area contributed by atoms with Crippen LogP contribution in [0.1, 0.15) is 18.4 Å². The van der Waals surface area contributed by atoms with Crippen molar-refractivity contribution < 1.29 is 9.47 Å². The van der Waals surface area contributed by atoms with Gasteiger partial charge in [-0.15, -0.1) is 0 Å². The molecule has 8 nitrogen and oxygen atoms in total. The van der Waals surface area contributed by atoms with Crippen molar-refractivity contribution in [2.45, 2.75) is 32.0 Å². The largest absolute Gasteiger partial charge is 0.496 e. The van der Waals surface area contributed by atoms with E-state index in [1.165, 1.54) is 9.13 Å². The number of para-hydroxylation sites is 1. The first-order chi connectivity index (χ1) is 16.1. The number of ether oxygens (including phenoxy) is 2. The van der Waals surface area contributed by atoms with Crippen LogP contribution in [-0.4, -0.2) is 38.5 Å². The number of nitrogens with zero attached hydrogens (tertiary/aromatic N) is 4. The molecule has 0 aliphatic carbocycles. The molecule has 1 saturated heterocycles. The Balaban J connectivity index is 1.72. The lowest BCUT2D eigenvalue weighted by Gasteiger charge is -2.15. The standard InChI is InChI=1S/C24H23ClN4O4/c1-32-20-7-3-2-5-16(20)13-27-15-26-22-21(27)23(30)28(14-19-6-4-12-33-19)24(31)29(22)18-10-8-17(25)9-11-18/h2-3,5,7-11,15,19H,4,6,12-14H2,1H3. The van der Waals surface area contributed by atoms with Gasteiger partial charge in [0.15, 0.2) is 11.2 Å². The number of hydrogen-bond donors (Lipinski definition) is 0. The van der Waals surface area contributed by atoms with E-state index < -0.39 is 5.69 Å². The highest BCUT2D eigenvalue weighted by Crippen LogP contribution is 2.21. The maximum absolute atomic E-state index is 13.6. The molecule has 2 aromatic carbocycles. The first-order valence-corrected chi connectivity index (χ1v) is 11.1. The SMILES string of the molecule is COc1ccccc1Cn1cnc2c1c(=O)n(CC1CCCO1)c(=O)n2-c1ccc(Cl)cc1. The first kappa shape index (κ1) is 21.5. The van der Waals surface area contributed by atoms with Crippen LogP contribution in [0.5, 0.6) is 5.75 Å². The van der Waals surface area contributed by atoms with Gasteiger partial charge < -0.3 is 14.0 Å². The zero-order valence-corrected chi connectivity index (χ0v) is 18.9. The van der Waals surface area contributed by atoms with Crippen molar-refractivity contribution in [3.63, 3.8) is 0 Å². The van der Waals surface area contributed by atoms with Gasteiger partial charge in [0.05, 0.1) is 38.3 Å². The minimum absolute atomic E-state index is 0.169. The molecule has 0 bridgehead atoms. The lowest BCUT2D eigenvalue weighted by atomic mass is 10.2. The van der Waals surface area contributed by atoms with Crippen LogP contribution >= 0.6 is 11.6 Å². The van der Waals surface area contributed by atoms with Crippen molar-refractivity contribution in [3.8, 4) is 11.4 Å². The van der Waals surface area contributed by atoms with E-state index >= 15 is 0 Å². The molecule has 0 saturated carbocycles. The Kier molecular flexibility index (Phi) is 5.78. The second kappa shape index (κ2) is 8.88. The van der Waals surface area contributed by atoms with Gasteiger partial charge in [-0.25, -0.2) is 14.3 Å². The molecule has 170 valence electrons. The van der Waals surface area contributed by atoms with E-state index in [-0.39, 0.29) is 18.2 Å². The van der Waals surface area contributed by atoms with Crippen LogP contribution in [0.15, 0.2) is 64.4 Å². The number of benzene rings is 2. The molecular weight excluding hydrogens is 444 g/mol. The molecule has 5 rings (SSSR count). The maximum atomic E-state index is 13.6. The Morgan fingerprint density at radius 1 is 1.15 bits per heavy atom. The highest BCUT2D eigenvalue weighted by atomic mass is 35.5. The number of fused-ring (bicyclic) bond motifs is 1. The molecular formula is C24H23ClN4O4. The number of rotatable bonds is 6. The average molecular weight is 467 g/mol. The molecule has 1 atom stereocenters. The van der Waals surface area contributed by atoms with E-state index in [9.17, 15) is 9.59 Å². The molecule has 3 heterocycles. The zero-order valence-electron chi connectivity index (χ0n) is 18.1. The monoisotopic (exact) mass is 466 g/mol. The number of methoxy groups -OCH3 is 1. The van der Waals surface area contributed by atoms with Gasteiger partial charge >= 0.3 is 5.69 Å². The second-order valence-electron chi connectivity index (χ2n) is 8.00. The summed E-state index contributed by atoms with van der Waals surface area (Å²) in [6.07, 6.45) is 3.14. The molecule has 0 radical (unpaired) electrons. The third-order valence-electron chi connectivity index (χ3n) is 5.93. The quantitative estimate of drug-likeness (QED) is 0.436. The molecule has 9 heteroatoms. The second-order valence-corrected chi connectivity index (χ2v) is 8.44. The summed E-state index contributed by atoms with van der Waals surface area (Å²) in [5.41, 5.74) is 1.28. The van der Waals surface area contributed by atoms with Crippen molar-refractivity contribution in [1.82, 2.24) is 18.7 Å². The molecule has 0 spiro atoms. The summed E-state index contributed by atoms with van der Waals surface area (Å²) in [5.74, 6) is 0.713. The molecule has 1 aliphatic rings. The first-order valence-electron chi connectivity index (χ1n) is 10.8. The lowest BCUT2D eigenvalue weighted by molar-refractivity contribution is 0.0950. The number of hydrogen-bond acceptors (Lipinski definition) is 5. The molecule has 4 aromatic rings. The van der Waals surface area contributed by atoms with Crippen LogP contribution in [0.4, 0.5) is 0 Å². The Bertz CT molecular complexity index is 1420. The minimum atomic E-state index is -0.451. The molecule has 33 heavy (non-hydrogen) atoms. The van der Waals surface area contributed by atoms with E-state index in [2.05, 4.69) is 4.98 Å². The molecule has 0 amide bonds. The Morgan fingerprint density at radius 2 is 1.94 bits per heavy atom. The lowest BCUT2D eigenvalue weighted by Crippen LogP contribution is -2.42. The Labute approximate surface area is 194 Å². The molecule has 2 aromatic heterocycles. The summed E-state index contributed by atoms with van der Waals surface area (Å²) in [4.78, 5) is 31.6. The predicted octanol–water partition coefficient (Wildman–Crippen LogP) is 3.24. The topological polar surface area (TPSA) is 80.3 Å². The average Bonchev–Trinajstić information content (AvgIpc) is 3.49. The number of imidazole rings is 1. The Morgan fingerprint density at radius 3 is 2.67 bits per heavy atom. The van der Waals surface area contributed by atoms with Crippen molar-refractivity contribution in [1.29, 1.82) is 0 Å². The van der Waals surface area contributed by atoms with Gasteiger partial charge in [0.1, 0.15) is 5.75 Å². The summed E-state index contributed by atoms with van der Waals surface area (Å²) in [6.45, 7) is 1.20. The van der Waals surface area contributed by atoms with Gasteiger partial charge in [-0.2, -0.15) is 0 Å². The van der Waals surface area contributed by atoms with Gasteiger partial charge in [-0.3, -0.25) is 9.36 Å². The summed E-state index contributed by atoms with van der Waals surface area (Å²) < 4.78 is 15.7. The van der Waals surface area contributed by atoms with Crippen LogP contribution in [0.25, 0.3) is 16.9 Å². The van der Waals surface area contributed by atoms with E-state index in [0.717, 1.165) is 18.4 Å². The molecule has 1 aliphatic heterocycles. The van der Waals surface area contributed by atoms with Crippen molar-refractivity contribution in [2.75, 3.05) is 13.7 Å². The number of aromatic nitrogens is 4. The van der Waals surface area contributed by atoms with Crippen LogP contribution in [0, 0.1) is 0 Å². The minimum Gasteiger partial charge on any atom is -0.496 e. The molecule has 1 unspecified atom stereocenters. The van der Waals surface area contributed by atoms with Gasteiger partial charge in [0.25, 0.3) is 5.56 Å². The van der Waals surface area contributed by atoms with Crippen molar-refractivity contribution >= 4 is 22.8 Å². The van der Waals surface area contributed by atoms with E-state index in [1.807, 2.05) is 24.3 Å². The predicted molar refractivity (Wildman–Crippen MR) is 126 cm³/mol. The smallest absolute Gasteiger partial charge is 0.337 e. The van der Waals surface area contributed by atoms with Gasteiger partial charge in [-0.1, -0.05) is 29.8 Å². The van der Waals surface area contributed by atoms with E-state index in [1.54, 1.807) is 42.3 Å². The van der Waals surface area contributed by atoms with Crippen LogP contribution in [-0.2, 0) is 17.8 Å². The summed E-state index contributed by atoms with van der Waals surface area (Å²) in [6, 6.07) is 14.5. The fraction of sp³-hybridized carbons (Fsp3) is 0.292. The summed E-state index contributed by atoms with van der Waals surface area (Å²) >= 11 is 6.06. The highest BCUT2D eigenvalue weighted by Gasteiger charge is 2.23. The van der Waals surface area contributed by atoms with Crippen LogP contribution < -0.4 is 16.0 Å². The Hall–Kier alpha value is -3.36. The highest BCUT2D eigenvalue weighted by molar-refractivity contribution is 6.30. The van der Waals surface area contributed by atoms with Crippen molar-refractivity contribution in [3.05, 3.63) is 86.3 Å². The van der Waals surface area contributed by atoms with Crippen LogP contribution in [0.3, 0.4) is 0 Å². The van der Waals surface area contributed by atoms with E-state index in [0.29, 0.717) is 40.8 Å². The molecule has 1 fully saturated rings. The van der Waals surface area contributed by atoms with Crippen molar-refractivity contribution in [2.24, 2.45) is 0 Å². The fourth-order valence-corrected chi connectivity index (χ4v) is 4.42. The van der Waals surface area contributed by atoms with Gasteiger partial charge in [0, 0.05) is 17.2 Å². The third kappa shape index (κ3) is 3.96. The van der Waals surface area contributed by atoms with Crippen LogP contribution in [0.2, 0.25) is 5.02 Å². The maximum Gasteiger partial charge on any atom is 0.337 e. The van der Waals surface area contributed by atoms with Gasteiger partial charge in [-0.05, 0) is 43.2 Å². The summed E-state index contributed by atoms with van der Waals surface area (Å²) in [5, 5.41) is 0.553. The number of halogens is 1. The third-order valence-corrected chi connectivity index (χ3v) is 6.18.